The number of rotatable bonds is 14. The van der Waals surface area contributed by atoms with Crippen molar-refractivity contribution in [2.24, 2.45) is 0 Å². The molecule has 1 aromatic rings. The average molecular weight is 393 g/mol. The quantitative estimate of drug-likeness (QED) is 0.418. The van der Waals surface area contributed by atoms with E-state index in [2.05, 4.69) is 16.0 Å². The molecule has 0 heterocycles. The van der Waals surface area contributed by atoms with Crippen LogP contribution in [0.3, 0.4) is 0 Å². The third-order valence-corrected chi connectivity index (χ3v) is 3.90. The smallest absolute Gasteiger partial charge is 0.407 e. The number of carbonyl (C=O) groups is 3. The first-order valence-corrected chi connectivity index (χ1v) is 9.61. The molecule has 0 atom stereocenters. The summed E-state index contributed by atoms with van der Waals surface area (Å²) in [4.78, 5) is 34.0. The van der Waals surface area contributed by atoms with Crippen LogP contribution in [0.15, 0.2) is 30.3 Å². The molecule has 0 aliphatic heterocycles. The van der Waals surface area contributed by atoms with Crippen LogP contribution in [0.1, 0.15) is 37.7 Å². The molecule has 0 aliphatic rings. The lowest BCUT2D eigenvalue weighted by atomic mass is 10.1. The Morgan fingerprint density at radius 3 is 2.11 bits per heavy atom. The van der Waals surface area contributed by atoms with Gasteiger partial charge in [0.2, 0.25) is 11.8 Å². The zero-order valence-corrected chi connectivity index (χ0v) is 16.5. The SMILES string of the molecule is CNC(=O)COCC(=O)NCCCCCCCNC(=O)OCc1ccccc1. The van der Waals surface area contributed by atoms with Crippen LogP contribution in [0.2, 0.25) is 0 Å². The van der Waals surface area contributed by atoms with E-state index in [-0.39, 0.29) is 31.6 Å². The molecule has 0 saturated heterocycles. The number of likely N-dealkylation sites (N-methyl/N-ethyl adjacent to an activating group) is 1. The summed E-state index contributed by atoms with van der Waals surface area (Å²) in [5.74, 6) is -0.478. The summed E-state index contributed by atoms with van der Waals surface area (Å²) in [6, 6.07) is 9.55. The molecule has 0 radical (unpaired) electrons. The number of hydrogen-bond acceptors (Lipinski definition) is 5. The summed E-state index contributed by atoms with van der Waals surface area (Å²) in [7, 11) is 1.51. The summed E-state index contributed by atoms with van der Waals surface area (Å²) in [6.45, 7) is 1.23. The fraction of sp³-hybridized carbons (Fsp3) is 0.550. The van der Waals surface area contributed by atoms with Crippen molar-refractivity contribution in [3.05, 3.63) is 35.9 Å². The molecule has 0 bridgehead atoms. The minimum atomic E-state index is -0.398. The van der Waals surface area contributed by atoms with Crippen molar-refractivity contribution in [3.8, 4) is 0 Å². The van der Waals surface area contributed by atoms with E-state index < -0.39 is 6.09 Å². The third kappa shape index (κ3) is 12.7. The molecule has 0 saturated carbocycles. The molecule has 0 aromatic heterocycles. The van der Waals surface area contributed by atoms with Gasteiger partial charge in [0.25, 0.3) is 0 Å². The molecule has 1 aromatic carbocycles. The second-order valence-electron chi connectivity index (χ2n) is 6.27. The minimum Gasteiger partial charge on any atom is -0.445 e. The predicted molar refractivity (Wildman–Crippen MR) is 106 cm³/mol. The molecule has 8 heteroatoms. The normalized spacial score (nSPS) is 10.2. The van der Waals surface area contributed by atoms with Gasteiger partial charge in [-0.2, -0.15) is 0 Å². The van der Waals surface area contributed by atoms with E-state index in [1.165, 1.54) is 7.05 Å². The lowest BCUT2D eigenvalue weighted by molar-refractivity contribution is -0.130. The molecule has 0 unspecified atom stereocenters. The van der Waals surface area contributed by atoms with Crippen LogP contribution in [0.4, 0.5) is 4.79 Å². The number of unbranched alkanes of at least 4 members (excludes halogenated alkanes) is 4. The van der Waals surface area contributed by atoms with Crippen molar-refractivity contribution in [3.63, 3.8) is 0 Å². The van der Waals surface area contributed by atoms with Gasteiger partial charge in [-0.3, -0.25) is 9.59 Å². The van der Waals surface area contributed by atoms with Gasteiger partial charge >= 0.3 is 6.09 Å². The summed E-state index contributed by atoms with van der Waals surface area (Å²) in [5, 5.41) is 7.90. The number of alkyl carbamates (subject to hydrolysis) is 1. The number of ether oxygens (including phenoxy) is 2. The van der Waals surface area contributed by atoms with E-state index in [1.54, 1.807) is 0 Å². The van der Waals surface area contributed by atoms with Crippen LogP contribution in [-0.4, -0.2) is 51.3 Å². The van der Waals surface area contributed by atoms with Crippen LogP contribution in [0, 0.1) is 0 Å². The molecule has 0 aliphatic carbocycles. The number of nitrogens with one attached hydrogen (secondary N) is 3. The van der Waals surface area contributed by atoms with Gasteiger partial charge in [0.05, 0.1) is 0 Å². The van der Waals surface area contributed by atoms with Gasteiger partial charge in [-0.25, -0.2) is 4.79 Å². The maximum absolute atomic E-state index is 11.6. The molecular formula is C20H31N3O5. The van der Waals surface area contributed by atoms with Gasteiger partial charge < -0.3 is 25.4 Å². The van der Waals surface area contributed by atoms with Gasteiger partial charge in [-0.15, -0.1) is 0 Å². The zero-order valence-electron chi connectivity index (χ0n) is 16.5. The molecule has 1 rings (SSSR count). The van der Waals surface area contributed by atoms with Crippen molar-refractivity contribution < 1.29 is 23.9 Å². The van der Waals surface area contributed by atoms with E-state index in [1.807, 2.05) is 30.3 Å². The highest BCUT2D eigenvalue weighted by Gasteiger charge is 2.04. The Labute approximate surface area is 166 Å². The molecule has 0 spiro atoms. The molecule has 3 N–H and O–H groups in total. The maximum Gasteiger partial charge on any atom is 0.407 e. The van der Waals surface area contributed by atoms with Crippen LogP contribution in [0.25, 0.3) is 0 Å². The minimum absolute atomic E-state index is 0.112. The standard InChI is InChI=1S/C20H31N3O5/c1-21-18(24)15-27-16-19(25)22-12-8-3-2-4-9-13-23-20(26)28-14-17-10-6-5-7-11-17/h5-7,10-11H,2-4,8-9,12-16H2,1H3,(H,21,24)(H,22,25)(H,23,26). The molecule has 0 fully saturated rings. The topological polar surface area (TPSA) is 106 Å². The van der Waals surface area contributed by atoms with E-state index in [0.717, 1.165) is 37.7 Å². The van der Waals surface area contributed by atoms with Gasteiger partial charge in [0.15, 0.2) is 0 Å². The zero-order chi connectivity index (χ0) is 20.5. The van der Waals surface area contributed by atoms with E-state index in [9.17, 15) is 14.4 Å². The van der Waals surface area contributed by atoms with E-state index >= 15 is 0 Å². The Hall–Kier alpha value is -2.61. The number of benzene rings is 1. The summed E-state index contributed by atoms with van der Waals surface area (Å²) in [6.07, 6.45) is 4.41. The molecule has 28 heavy (non-hydrogen) atoms. The number of amides is 3. The summed E-state index contributed by atoms with van der Waals surface area (Å²) < 4.78 is 10.1. The van der Waals surface area contributed by atoms with E-state index in [0.29, 0.717) is 13.1 Å². The first kappa shape index (κ1) is 23.4. The summed E-state index contributed by atoms with van der Waals surface area (Å²) >= 11 is 0. The van der Waals surface area contributed by atoms with Crippen LogP contribution in [0.5, 0.6) is 0 Å². The summed E-state index contributed by atoms with van der Waals surface area (Å²) in [5.41, 5.74) is 0.961. The highest BCUT2D eigenvalue weighted by Crippen LogP contribution is 2.03. The fourth-order valence-corrected chi connectivity index (χ4v) is 2.33. The Morgan fingerprint density at radius 2 is 1.43 bits per heavy atom. The van der Waals surface area contributed by atoms with Crippen molar-refractivity contribution in [1.29, 1.82) is 0 Å². The number of hydrogen-bond donors (Lipinski definition) is 3. The van der Waals surface area contributed by atoms with Gasteiger partial charge in [-0.1, -0.05) is 49.6 Å². The second-order valence-corrected chi connectivity index (χ2v) is 6.27. The van der Waals surface area contributed by atoms with Gasteiger partial charge in [-0.05, 0) is 18.4 Å². The Bertz CT molecular complexity index is 580. The molecule has 156 valence electrons. The highest BCUT2D eigenvalue weighted by molar-refractivity contribution is 5.79. The molecular weight excluding hydrogens is 362 g/mol. The van der Waals surface area contributed by atoms with Crippen LogP contribution >= 0.6 is 0 Å². The van der Waals surface area contributed by atoms with Crippen molar-refractivity contribution >= 4 is 17.9 Å². The second kappa shape index (κ2) is 15.4. The lowest BCUT2D eigenvalue weighted by Gasteiger charge is -2.07. The van der Waals surface area contributed by atoms with Crippen LogP contribution in [-0.2, 0) is 25.7 Å². The Balaban J connectivity index is 1.86. The largest absolute Gasteiger partial charge is 0.445 e. The van der Waals surface area contributed by atoms with E-state index in [4.69, 9.17) is 9.47 Å². The Morgan fingerprint density at radius 1 is 0.821 bits per heavy atom. The molecule has 3 amide bonds. The highest BCUT2D eigenvalue weighted by atomic mass is 16.5. The molecule has 8 nitrogen and oxygen atoms in total. The van der Waals surface area contributed by atoms with Crippen molar-refractivity contribution in [1.82, 2.24) is 16.0 Å². The van der Waals surface area contributed by atoms with Gasteiger partial charge in [0.1, 0.15) is 19.8 Å². The van der Waals surface area contributed by atoms with Crippen molar-refractivity contribution in [2.75, 3.05) is 33.4 Å². The predicted octanol–water partition coefficient (Wildman–Crippen LogP) is 1.74. The average Bonchev–Trinajstić information content (AvgIpc) is 2.71. The van der Waals surface area contributed by atoms with Crippen molar-refractivity contribution in [2.45, 2.75) is 38.7 Å². The third-order valence-electron chi connectivity index (χ3n) is 3.90. The maximum atomic E-state index is 11.6. The first-order valence-electron chi connectivity index (χ1n) is 9.61. The number of carbonyl (C=O) groups excluding carboxylic acids is 3. The van der Waals surface area contributed by atoms with Gasteiger partial charge in [0, 0.05) is 20.1 Å². The monoisotopic (exact) mass is 393 g/mol. The fourth-order valence-electron chi connectivity index (χ4n) is 2.33. The first-order chi connectivity index (χ1) is 13.6. The lowest BCUT2D eigenvalue weighted by Crippen LogP contribution is -2.31. The van der Waals surface area contributed by atoms with Crippen LogP contribution < -0.4 is 16.0 Å². The Kier molecular flexibility index (Phi) is 12.9.